The third-order valence-corrected chi connectivity index (χ3v) is 4.19. The van der Waals surface area contributed by atoms with Crippen molar-refractivity contribution < 1.29 is 13.2 Å². The molecular weight excluding hydrogens is 316 g/mol. The Kier molecular flexibility index (Phi) is 5.30. The van der Waals surface area contributed by atoms with Crippen LogP contribution in [-0.4, -0.2) is 19.4 Å². The van der Waals surface area contributed by atoms with Gasteiger partial charge in [-0.1, -0.05) is 12.1 Å². The molecule has 1 heterocycles. The molecular formula is C15H18N4O3S. The number of pyridine rings is 1. The Morgan fingerprint density at radius 3 is 2.35 bits per heavy atom. The molecule has 2 aromatic rings. The number of amides is 2. The van der Waals surface area contributed by atoms with E-state index in [2.05, 4.69) is 15.6 Å². The van der Waals surface area contributed by atoms with Crippen molar-refractivity contribution in [2.75, 3.05) is 0 Å². The summed E-state index contributed by atoms with van der Waals surface area (Å²) in [6.07, 6.45) is 3.33. The zero-order valence-corrected chi connectivity index (χ0v) is 13.4. The second-order valence-electron chi connectivity index (χ2n) is 5.02. The van der Waals surface area contributed by atoms with Gasteiger partial charge >= 0.3 is 6.03 Å². The van der Waals surface area contributed by atoms with Crippen molar-refractivity contribution in [3.63, 3.8) is 0 Å². The first kappa shape index (κ1) is 16.9. The van der Waals surface area contributed by atoms with E-state index in [9.17, 15) is 13.2 Å². The van der Waals surface area contributed by atoms with Gasteiger partial charge in [-0.3, -0.25) is 4.98 Å². The van der Waals surface area contributed by atoms with Crippen molar-refractivity contribution in [2.24, 2.45) is 5.14 Å². The number of nitrogens with zero attached hydrogens (tertiary/aromatic N) is 1. The Balaban J connectivity index is 1.87. The molecule has 0 radical (unpaired) electrons. The molecule has 122 valence electrons. The number of primary sulfonamides is 1. The number of aromatic nitrogens is 1. The number of benzene rings is 1. The summed E-state index contributed by atoms with van der Waals surface area (Å²) in [5.74, 6) is 0. The van der Waals surface area contributed by atoms with E-state index in [0.717, 1.165) is 11.1 Å². The van der Waals surface area contributed by atoms with Crippen molar-refractivity contribution in [1.82, 2.24) is 15.6 Å². The number of carbonyl (C=O) groups is 1. The fourth-order valence-corrected chi connectivity index (χ4v) is 2.48. The lowest BCUT2D eigenvalue weighted by molar-refractivity contribution is 0.237. The van der Waals surface area contributed by atoms with E-state index < -0.39 is 10.0 Å². The first-order chi connectivity index (χ1) is 10.9. The highest BCUT2D eigenvalue weighted by Gasteiger charge is 2.10. The number of nitrogens with two attached hydrogens (primary N) is 1. The number of rotatable bonds is 5. The van der Waals surface area contributed by atoms with Crippen LogP contribution in [0.2, 0.25) is 0 Å². The van der Waals surface area contributed by atoms with Gasteiger partial charge in [0.2, 0.25) is 10.0 Å². The highest BCUT2D eigenvalue weighted by Crippen LogP contribution is 2.10. The predicted molar refractivity (Wildman–Crippen MR) is 85.8 cm³/mol. The summed E-state index contributed by atoms with van der Waals surface area (Å²) in [6.45, 7) is 2.15. The van der Waals surface area contributed by atoms with Crippen LogP contribution in [0.4, 0.5) is 4.79 Å². The van der Waals surface area contributed by atoms with Gasteiger partial charge in [-0.2, -0.15) is 0 Å². The number of sulfonamides is 1. The molecule has 1 aromatic carbocycles. The van der Waals surface area contributed by atoms with Crippen LogP contribution in [0.25, 0.3) is 0 Å². The summed E-state index contributed by atoms with van der Waals surface area (Å²) >= 11 is 0. The maximum atomic E-state index is 11.9. The van der Waals surface area contributed by atoms with E-state index in [1.54, 1.807) is 24.5 Å². The summed E-state index contributed by atoms with van der Waals surface area (Å²) in [4.78, 5) is 15.8. The van der Waals surface area contributed by atoms with Crippen LogP contribution in [0.15, 0.2) is 53.7 Å². The van der Waals surface area contributed by atoms with E-state index in [1.165, 1.54) is 12.1 Å². The molecule has 8 heteroatoms. The van der Waals surface area contributed by atoms with Crippen LogP contribution >= 0.6 is 0 Å². The topological polar surface area (TPSA) is 114 Å². The molecule has 23 heavy (non-hydrogen) atoms. The summed E-state index contributed by atoms with van der Waals surface area (Å²) in [5.41, 5.74) is 1.72. The lowest BCUT2D eigenvalue weighted by Gasteiger charge is -2.15. The van der Waals surface area contributed by atoms with Crippen LogP contribution in [0.5, 0.6) is 0 Å². The Labute approximate surface area is 135 Å². The van der Waals surface area contributed by atoms with E-state index in [1.807, 2.05) is 19.1 Å². The summed E-state index contributed by atoms with van der Waals surface area (Å²) in [7, 11) is -3.70. The highest BCUT2D eigenvalue weighted by molar-refractivity contribution is 7.89. The average molecular weight is 334 g/mol. The largest absolute Gasteiger partial charge is 0.334 e. The lowest BCUT2D eigenvalue weighted by Crippen LogP contribution is -2.36. The number of nitrogens with one attached hydrogen (secondary N) is 2. The molecule has 0 saturated heterocycles. The van der Waals surface area contributed by atoms with Crippen molar-refractivity contribution in [3.8, 4) is 0 Å². The zero-order chi connectivity index (χ0) is 16.9. The van der Waals surface area contributed by atoms with E-state index in [4.69, 9.17) is 5.14 Å². The molecule has 0 bridgehead atoms. The first-order valence-electron chi connectivity index (χ1n) is 6.92. The van der Waals surface area contributed by atoms with Gasteiger partial charge in [-0.15, -0.1) is 0 Å². The molecule has 1 aromatic heterocycles. The van der Waals surface area contributed by atoms with E-state index in [0.29, 0.717) is 0 Å². The maximum absolute atomic E-state index is 11.9. The smallest absolute Gasteiger partial charge is 0.315 e. The number of hydrogen-bond acceptors (Lipinski definition) is 4. The van der Waals surface area contributed by atoms with Crippen LogP contribution in [0, 0.1) is 0 Å². The zero-order valence-electron chi connectivity index (χ0n) is 12.6. The molecule has 2 amide bonds. The van der Waals surface area contributed by atoms with Gasteiger partial charge in [0.05, 0.1) is 10.9 Å². The van der Waals surface area contributed by atoms with Crippen LogP contribution in [-0.2, 0) is 16.6 Å². The van der Waals surface area contributed by atoms with Gasteiger partial charge in [0.15, 0.2) is 0 Å². The predicted octanol–water partition coefficient (Wildman–Crippen LogP) is 1.29. The van der Waals surface area contributed by atoms with Crippen molar-refractivity contribution in [1.29, 1.82) is 0 Å². The standard InChI is InChI=1S/C15H18N4O3S/c1-11(13-6-8-17-9-7-13)19-15(20)18-10-12-2-4-14(5-3-12)23(16,21)22/h2-9,11H,10H2,1H3,(H2,16,21,22)(H2,18,19,20)/t11-/m1/s1. The minimum Gasteiger partial charge on any atom is -0.334 e. The SMILES string of the molecule is C[C@@H](NC(=O)NCc1ccc(S(N)(=O)=O)cc1)c1ccncc1. The quantitative estimate of drug-likeness (QED) is 0.764. The normalized spacial score (nSPS) is 12.4. The van der Waals surface area contributed by atoms with Crippen LogP contribution < -0.4 is 15.8 Å². The molecule has 0 unspecified atom stereocenters. The molecule has 0 fully saturated rings. The van der Waals surface area contributed by atoms with Gasteiger partial charge in [0.1, 0.15) is 0 Å². The third kappa shape index (κ3) is 5.04. The van der Waals surface area contributed by atoms with Crippen molar-refractivity contribution >= 4 is 16.1 Å². The van der Waals surface area contributed by atoms with Gasteiger partial charge in [-0.25, -0.2) is 18.4 Å². The molecule has 4 N–H and O–H groups in total. The Hall–Kier alpha value is -2.45. The van der Waals surface area contributed by atoms with Crippen molar-refractivity contribution in [3.05, 3.63) is 59.9 Å². The van der Waals surface area contributed by atoms with Crippen LogP contribution in [0.3, 0.4) is 0 Å². The minimum atomic E-state index is -3.70. The van der Waals surface area contributed by atoms with E-state index >= 15 is 0 Å². The monoisotopic (exact) mass is 334 g/mol. The maximum Gasteiger partial charge on any atom is 0.315 e. The molecule has 1 atom stereocenters. The Bertz CT molecular complexity index is 761. The molecule has 0 aliphatic rings. The fourth-order valence-electron chi connectivity index (χ4n) is 1.96. The minimum absolute atomic E-state index is 0.0389. The fraction of sp³-hybridized carbons (Fsp3) is 0.200. The van der Waals surface area contributed by atoms with Crippen LogP contribution in [0.1, 0.15) is 24.1 Å². The molecule has 0 saturated carbocycles. The molecule has 2 rings (SSSR count). The Morgan fingerprint density at radius 1 is 1.17 bits per heavy atom. The summed E-state index contributed by atoms with van der Waals surface area (Å²) < 4.78 is 22.3. The molecule has 0 spiro atoms. The summed E-state index contributed by atoms with van der Waals surface area (Å²) in [6, 6.07) is 9.22. The molecule has 0 aliphatic carbocycles. The average Bonchev–Trinajstić information content (AvgIpc) is 2.53. The second kappa shape index (κ2) is 7.21. The highest BCUT2D eigenvalue weighted by atomic mass is 32.2. The lowest BCUT2D eigenvalue weighted by atomic mass is 10.1. The van der Waals surface area contributed by atoms with Gasteiger partial charge in [0, 0.05) is 18.9 Å². The van der Waals surface area contributed by atoms with Gasteiger partial charge in [0.25, 0.3) is 0 Å². The number of hydrogen-bond donors (Lipinski definition) is 3. The third-order valence-electron chi connectivity index (χ3n) is 3.26. The van der Waals surface area contributed by atoms with E-state index in [-0.39, 0.29) is 23.5 Å². The number of carbonyl (C=O) groups excluding carboxylic acids is 1. The summed E-state index contributed by atoms with van der Waals surface area (Å²) in [5, 5.41) is 10.5. The van der Waals surface area contributed by atoms with Gasteiger partial charge < -0.3 is 10.6 Å². The number of urea groups is 1. The van der Waals surface area contributed by atoms with Crippen molar-refractivity contribution in [2.45, 2.75) is 24.4 Å². The first-order valence-corrected chi connectivity index (χ1v) is 8.47. The molecule has 0 aliphatic heterocycles. The second-order valence-corrected chi connectivity index (χ2v) is 6.58. The Morgan fingerprint density at radius 2 is 1.78 bits per heavy atom. The molecule has 7 nitrogen and oxygen atoms in total. The van der Waals surface area contributed by atoms with Gasteiger partial charge in [-0.05, 0) is 42.3 Å².